The molecule has 1 aliphatic heterocycles. The Morgan fingerprint density at radius 1 is 1.32 bits per heavy atom. The lowest BCUT2D eigenvalue weighted by Crippen LogP contribution is -2.39. The summed E-state index contributed by atoms with van der Waals surface area (Å²) in [6.07, 6.45) is 5.85. The Morgan fingerprint density at radius 2 is 2.24 bits per heavy atom. The molecule has 0 saturated carbocycles. The second-order valence-corrected chi connectivity index (χ2v) is 7.72. The third kappa shape index (κ3) is 5.04. The van der Waals surface area contributed by atoms with Crippen LogP contribution in [0.4, 0.5) is 0 Å². The molecule has 0 aliphatic carbocycles. The Morgan fingerprint density at radius 3 is 3.04 bits per heavy atom. The minimum Gasteiger partial charge on any atom is -0.356 e. The van der Waals surface area contributed by atoms with Gasteiger partial charge in [-0.25, -0.2) is 0 Å². The predicted octanol–water partition coefficient (Wildman–Crippen LogP) is 2.61. The maximum absolute atomic E-state index is 4.36. The van der Waals surface area contributed by atoms with Gasteiger partial charge in [0.1, 0.15) is 5.82 Å². The van der Waals surface area contributed by atoms with Crippen LogP contribution in [0.1, 0.15) is 42.7 Å². The molecule has 3 heterocycles. The topological polar surface area (TPSA) is 67.1 Å². The maximum Gasteiger partial charge on any atom is 0.191 e. The highest BCUT2D eigenvalue weighted by Gasteiger charge is 2.14. The summed E-state index contributed by atoms with van der Waals surface area (Å²) in [7, 11) is 1.81. The Hall–Kier alpha value is -1.89. The lowest BCUT2D eigenvalue weighted by molar-refractivity contribution is 0.558. The molecule has 0 bridgehead atoms. The average molecular weight is 361 g/mol. The molecule has 1 atom stereocenters. The molecule has 6 nitrogen and oxygen atoms in total. The van der Waals surface area contributed by atoms with Gasteiger partial charge < -0.3 is 15.2 Å². The molecular weight excluding hydrogens is 332 g/mol. The number of nitrogens with one attached hydrogen (secondary N) is 2. The molecule has 1 unspecified atom stereocenters. The van der Waals surface area contributed by atoms with Gasteiger partial charge in [-0.05, 0) is 36.6 Å². The van der Waals surface area contributed by atoms with Gasteiger partial charge in [0.15, 0.2) is 11.8 Å². The minimum absolute atomic E-state index is 0.557. The summed E-state index contributed by atoms with van der Waals surface area (Å²) < 4.78 is 2.27. The molecule has 136 valence electrons. The molecule has 0 radical (unpaired) electrons. The molecule has 7 heteroatoms. The monoisotopic (exact) mass is 360 g/mol. The molecule has 3 rings (SSSR count). The van der Waals surface area contributed by atoms with Crippen LogP contribution in [0.5, 0.6) is 0 Å². The molecule has 0 amide bonds. The van der Waals surface area contributed by atoms with E-state index in [-0.39, 0.29) is 0 Å². The zero-order valence-corrected chi connectivity index (χ0v) is 16.0. The maximum atomic E-state index is 4.36. The van der Waals surface area contributed by atoms with Gasteiger partial charge in [-0.15, -0.1) is 21.5 Å². The molecule has 25 heavy (non-hydrogen) atoms. The fourth-order valence-corrected chi connectivity index (χ4v) is 4.04. The zero-order chi connectivity index (χ0) is 17.5. The minimum atomic E-state index is 0.557. The average Bonchev–Trinajstić information content (AvgIpc) is 3.19. The van der Waals surface area contributed by atoms with Crippen LogP contribution < -0.4 is 10.6 Å². The van der Waals surface area contributed by atoms with E-state index in [0.29, 0.717) is 12.5 Å². The van der Waals surface area contributed by atoms with Gasteiger partial charge >= 0.3 is 0 Å². The van der Waals surface area contributed by atoms with Crippen molar-refractivity contribution in [3.8, 4) is 0 Å². The molecular formula is C18H28N6S. The van der Waals surface area contributed by atoms with E-state index in [1.54, 1.807) is 0 Å². The number of hydrogen-bond donors (Lipinski definition) is 2. The smallest absolute Gasteiger partial charge is 0.191 e. The summed E-state index contributed by atoms with van der Waals surface area (Å²) in [5.41, 5.74) is 0. The standard InChI is InChI=1S/C18H28N6S/c1-14(11-15-7-6-10-25-15)12-20-18(19-2)21-13-17-23-22-16-8-4-3-5-9-24(16)17/h6-7,10,14H,3-5,8-9,11-13H2,1-2H3,(H2,19,20,21). The van der Waals surface area contributed by atoms with Crippen molar-refractivity contribution in [2.75, 3.05) is 13.6 Å². The van der Waals surface area contributed by atoms with E-state index in [9.17, 15) is 0 Å². The summed E-state index contributed by atoms with van der Waals surface area (Å²) in [6.45, 7) is 4.85. The number of fused-ring (bicyclic) bond motifs is 1. The van der Waals surface area contributed by atoms with Crippen LogP contribution in [-0.2, 0) is 25.9 Å². The van der Waals surface area contributed by atoms with E-state index < -0.39 is 0 Å². The number of guanidine groups is 1. The SMILES string of the molecule is CN=C(NCc1nnc2n1CCCCC2)NCC(C)Cc1cccs1. The summed E-state index contributed by atoms with van der Waals surface area (Å²) >= 11 is 1.82. The van der Waals surface area contributed by atoms with Crippen LogP contribution in [0.2, 0.25) is 0 Å². The van der Waals surface area contributed by atoms with Gasteiger partial charge in [0, 0.05) is 31.4 Å². The van der Waals surface area contributed by atoms with Gasteiger partial charge in [-0.2, -0.15) is 0 Å². The third-order valence-corrected chi connectivity index (χ3v) is 5.47. The summed E-state index contributed by atoms with van der Waals surface area (Å²) in [5.74, 6) is 3.51. The molecule has 2 aromatic rings. The van der Waals surface area contributed by atoms with E-state index in [2.05, 4.69) is 54.8 Å². The van der Waals surface area contributed by atoms with E-state index in [1.807, 2.05) is 18.4 Å². The lowest BCUT2D eigenvalue weighted by atomic mass is 10.1. The van der Waals surface area contributed by atoms with Crippen molar-refractivity contribution < 1.29 is 0 Å². The van der Waals surface area contributed by atoms with Crippen LogP contribution >= 0.6 is 11.3 Å². The van der Waals surface area contributed by atoms with E-state index in [0.717, 1.165) is 43.5 Å². The van der Waals surface area contributed by atoms with E-state index in [1.165, 1.54) is 24.1 Å². The van der Waals surface area contributed by atoms with Gasteiger partial charge in [0.05, 0.1) is 6.54 Å². The summed E-state index contributed by atoms with van der Waals surface area (Å²) in [4.78, 5) is 5.76. The van der Waals surface area contributed by atoms with Crippen LogP contribution in [0.15, 0.2) is 22.5 Å². The Labute approximate surface area is 153 Å². The molecule has 0 fully saturated rings. The number of rotatable bonds is 6. The van der Waals surface area contributed by atoms with Crippen molar-refractivity contribution in [3.63, 3.8) is 0 Å². The van der Waals surface area contributed by atoms with E-state index in [4.69, 9.17) is 0 Å². The second kappa shape index (κ2) is 8.99. The second-order valence-electron chi connectivity index (χ2n) is 6.69. The van der Waals surface area contributed by atoms with Crippen LogP contribution in [0, 0.1) is 5.92 Å². The van der Waals surface area contributed by atoms with Crippen molar-refractivity contribution in [2.45, 2.75) is 52.1 Å². The molecule has 0 aromatic carbocycles. The highest BCUT2D eigenvalue weighted by molar-refractivity contribution is 7.09. The van der Waals surface area contributed by atoms with Crippen LogP contribution in [-0.4, -0.2) is 34.3 Å². The van der Waals surface area contributed by atoms with E-state index >= 15 is 0 Å². The van der Waals surface area contributed by atoms with Gasteiger partial charge in [0.25, 0.3) is 0 Å². The number of aromatic nitrogens is 3. The fourth-order valence-electron chi connectivity index (χ4n) is 3.17. The first-order valence-electron chi connectivity index (χ1n) is 9.14. The summed E-state index contributed by atoms with van der Waals surface area (Å²) in [5, 5.41) is 17.6. The van der Waals surface area contributed by atoms with Gasteiger partial charge in [-0.1, -0.05) is 19.4 Å². The zero-order valence-electron chi connectivity index (χ0n) is 15.2. The van der Waals surface area contributed by atoms with Gasteiger partial charge in [0.2, 0.25) is 0 Å². The Kier molecular flexibility index (Phi) is 6.44. The predicted molar refractivity (Wildman–Crippen MR) is 103 cm³/mol. The number of aryl methyl sites for hydroxylation is 1. The molecule has 0 spiro atoms. The van der Waals surface area contributed by atoms with Crippen molar-refractivity contribution in [2.24, 2.45) is 10.9 Å². The molecule has 0 saturated heterocycles. The normalized spacial score (nSPS) is 16.2. The largest absolute Gasteiger partial charge is 0.356 e. The lowest BCUT2D eigenvalue weighted by Gasteiger charge is -2.16. The molecule has 2 aromatic heterocycles. The Balaban J connectivity index is 1.47. The van der Waals surface area contributed by atoms with Crippen LogP contribution in [0.25, 0.3) is 0 Å². The van der Waals surface area contributed by atoms with Crippen molar-refractivity contribution in [3.05, 3.63) is 34.0 Å². The quantitative estimate of drug-likeness (QED) is 0.614. The van der Waals surface area contributed by atoms with Crippen molar-refractivity contribution >= 4 is 17.3 Å². The number of aliphatic imine (C=N–C) groups is 1. The Bertz CT molecular complexity index is 676. The highest BCUT2D eigenvalue weighted by atomic mass is 32.1. The first-order valence-corrected chi connectivity index (χ1v) is 10.0. The molecule has 1 aliphatic rings. The number of nitrogens with zero attached hydrogens (tertiary/aromatic N) is 4. The third-order valence-electron chi connectivity index (χ3n) is 4.57. The van der Waals surface area contributed by atoms with Crippen molar-refractivity contribution in [1.82, 2.24) is 25.4 Å². The number of hydrogen-bond acceptors (Lipinski definition) is 4. The van der Waals surface area contributed by atoms with Crippen molar-refractivity contribution in [1.29, 1.82) is 0 Å². The van der Waals surface area contributed by atoms with Crippen LogP contribution in [0.3, 0.4) is 0 Å². The highest BCUT2D eigenvalue weighted by Crippen LogP contribution is 2.15. The first-order chi connectivity index (χ1) is 12.3. The molecule has 2 N–H and O–H groups in total. The number of thiophene rings is 1. The fraction of sp³-hybridized carbons (Fsp3) is 0.611. The van der Waals surface area contributed by atoms with Gasteiger partial charge in [-0.3, -0.25) is 4.99 Å². The summed E-state index contributed by atoms with van der Waals surface area (Å²) in [6, 6.07) is 4.31. The first kappa shape index (κ1) is 17.9.